The lowest BCUT2D eigenvalue weighted by molar-refractivity contribution is -0.177. The molecule has 0 unspecified atom stereocenters. The molecule has 0 bridgehead atoms. The SMILES string of the molecule is CCOC(O)(c1ccccc1)c1ccccc1. The lowest BCUT2D eigenvalue weighted by Gasteiger charge is -2.28. The van der Waals surface area contributed by atoms with Crippen LogP contribution in [-0.2, 0) is 10.5 Å². The third-order valence-electron chi connectivity index (χ3n) is 2.68. The molecule has 2 aromatic rings. The van der Waals surface area contributed by atoms with E-state index in [1.165, 1.54) is 0 Å². The van der Waals surface area contributed by atoms with Crippen molar-refractivity contribution in [1.29, 1.82) is 0 Å². The van der Waals surface area contributed by atoms with Gasteiger partial charge in [0.15, 0.2) is 0 Å². The Morgan fingerprint density at radius 3 is 1.65 bits per heavy atom. The van der Waals surface area contributed by atoms with E-state index in [0.717, 1.165) is 11.1 Å². The summed E-state index contributed by atoms with van der Waals surface area (Å²) in [5, 5.41) is 10.7. The molecule has 0 saturated carbocycles. The highest BCUT2D eigenvalue weighted by molar-refractivity contribution is 5.33. The average Bonchev–Trinajstić information content (AvgIpc) is 2.41. The Balaban J connectivity index is 2.47. The first kappa shape index (κ1) is 11.8. The van der Waals surface area contributed by atoms with E-state index in [0.29, 0.717) is 6.61 Å². The van der Waals surface area contributed by atoms with Crippen LogP contribution in [-0.4, -0.2) is 11.7 Å². The Labute approximate surface area is 101 Å². The molecule has 2 nitrogen and oxygen atoms in total. The largest absolute Gasteiger partial charge is 0.358 e. The maximum Gasteiger partial charge on any atom is 0.219 e. The summed E-state index contributed by atoms with van der Waals surface area (Å²) in [7, 11) is 0. The fourth-order valence-electron chi connectivity index (χ4n) is 1.87. The van der Waals surface area contributed by atoms with Crippen molar-refractivity contribution in [2.75, 3.05) is 6.61 Å². The number of benzene rings is 2. The summed E-state index contributed by atoms with van der Waals surface area (Å²) >= 11 is 0. The van der Waals surface area contributed by atoms with Gasteiger partial charge in [-0.3, -0.25) is 0 Å². The van der Waals surface area contributed by atoms with Crippen molar-refractivity contribution < 1.29 is 9.84 Å². The number of hydrogen-bond donors (Lipinski definition) is 1. The van der Waals surface area contributed by atoms with E-state index in [1.54, 1.807) is 0 Å². The van der Waals surface area contributed by atoms with Crippen LogP contribution in [0.4, 0.5) is 0 Å². The molecule has 0 aliphatic rings. The molecule has 0 spiro atoms. The van der Waals surface area contributed by atoms with Gasteiger partial charge in [-0.05, 0) is 6.92 Å². The van der Waals surface area contributed by atoms with E-state index in [4.69, 9.17) is 4.74 Å². The summed E-state index contributed by atoms with van der Waals surface area (Å²) in [4.78, 5) is 0. The van der Waals surface area contributed by atoms with Crippen LogP contribution in [0.1, 0.15) is 18.1 Å². The second-order valence-corrected chi connectivity index (χ2v) is 3.81. The molecule has 17 heavy (non-hydrogen) atoms. The predicted molar refractivity (Wildman–Crippen MR) is 67.5 cm³/mol. The normalized spacial score (nSPS) is 11.4. The number of rotatable bonds is 4. The zero-order valence-electron chi connectivity index (χ0n) is 9.84. The van der Waals surface area contributed by atoms with Crippen LogP contribution in [0.5, 0.6) is 0 Å². The molecule has 0 radical (unpaired) electrons. The van der Waals surface area contributed by atoms with E-state index < -0.39 is 5.79 Å². The summed E-state index contributed by atoms with van der Waals surface area (Å²) in [5.74, 6) is -1.36. The number of aliphatic hydroxyl groups is 1. The molecule has 0 aliphatic carbocycles. The molecular formula is C15H16O2. The summed E-state index contributed by atoms with van der Waals surface area (Å²) < 4.78 is 5.56. The highest BCUT2D eigenvalue weighted by Crippen LogP contribution is 2.30. The van der Waals surface area contributed by atoms with Gasteiger partial charge in [-0.2, -0.15) is 0 Å². The van der Waals surface area contributed by atoms with Crippen molar-refractivity contribution in [3.05, 3.63) is 71.8 Å². The minimum atomic E-state index is -1.36. The highest BCUT2D eigenvalue weighted by atomic mass is 16.6. The fourth-order valence-corrected chi connectivity index (χ4v) is 1.87. The minimum Gasteiger partial charge on any atom is -0.358 e. The zero-order chi connectivity index (χ0) is 12.1. The maximum absolute atomic E-state index is 10.7. The van der Waals surface area contributed by atoms with Crippen LogP contribution in [0, 0.1) is 0 Å². The Morgan fingerprint density at radius 2 is 1.29 bits per heavy atom. The first-order valence-electron chi connectivity index (χ1n) is 5.74. The van der Waals surface area contributed by atoms with Crippen LogP contribution < -0.4 is 0 Å². The standard InChI is InChI=1S/C15H16O2/c1-2-17-15(16,13-9-5-3-6-10-13)14-11-7-4-8-12-14/h3-12,16H,2H2,1H3. The van der Waals surface area contributed by atoms with Crippen LogP contribution in [0.15, 0.2) is 60.7 Å². The molecule has 88 valence electrons. The van der Waals surface area contributed by atoms with Gasteiger partial charge in [0.25, 0.3) is 0 Å². The molecule has 0 aromatic heterocycles. The van der Waals surface area contributed by atoms with E-state index >= 15 is 0 Å². The van der Waals surface area contributed by atoms with Crippen LogP contribution in [0.25, 0.3) is 0 Å². The molecule has 0 fully saturated rings. The van der Waals surface area contributed by atoms with Gasteiger partial charge in [0.05, 0.1) is 0 Å². The topological polar surface area (TPSA) is 29.5 Å². The van der Waals surface area contributed by atoms with E-state index in [2.05, 4.69) is 0 Å². The summed E-state index contributed by atoms with van der Waals surface area (Å²) in [5.41, 5.74) is 1.49. The van der Waals surface area contributed by atoms with Gasteiger partial charge in [-0.25, -0.2) is 0 Å². The molecule has 2 aromatic carbocycles. The summed E-state index contributed by atoms with van der Waals surface area (Å²) in [6.07, 6.45) is 0. The van der Waals surface area contributed by atoms with Crippen LogP contribution >= 0.6 is 0 Å². The Bertz CT molecular complexity index is 411. The Kier molecular flexibility index (Phi) is 3.57. The van der Waals surface area contributed by atoms with Crippen molar-refractivity contribution in [3.8, 4) is 0 Å². The molecule has 2 heteroatoms. The van der Waals surface area contributed by atoms with Gasteiger partial charge in [0.1, 0.15) is 0 Å². The van der Waals surface area contributed by atoms with E-state index in [9.17, 15) is 5.11 Å². The van der Waals surface area contributed by atoms with Crippen molar-refractivity contribution >= 4 is 0 Å². The molecule has 0 saturated heterocycles. The maximum atomic E-state index is 10.7. The third kappa shape index (κ3) is 2.38. The van der Waals surface area contributed by atoms with Crippen molar-refractivity contribution in [2.24, 2.45) is 0 Å². The molecule has 0 atom stereocenters. The summed E-state index contributed by atoms with van der Waals surface area (Å²) in [6.45, 7) is 2.32. The minimum absolute atomic E-state index is 0.445. The van der Waals surface area contributed by atoms with Crippen molar-refractivity contribution in [1.82, 2.24) is 0 Å². The first-order valence-corrected chi connectivity index (χ1v) is 5.74. The van der Waals surface area contributed by atoms with Gasteiger partial charge in [-0.1, -0.05) is 60.7 Å². The lowest BCUT2D eigenvalue weighted by atomic mass is 9.97. The number of ether oxygens (including phenoxy) is 1. The second kappa shape index (κ2) is 5.13. The molecule has 0 amide bonds. The molecule has 2 rings (SSSR count). The lowest BCUT2D eigenvalue weighted by Crippen LogP contribution is -2.30. The smallest absolute Gasteiger partial charge is 0.219 e. The molecule has 0 heterocycles. The zero-order valence-corrected chi connectivity index (χ0v) is 9.84. The Morgan fingerprint density at radius 1 is 0.882 bits per heavy atom. The van der Waals surface area contributed by atoms with E-state index in [-0.39, 0.29) is 0 Å². The van der Waals surface area contributed by atoms with Crippen molar-refractivity contribution in [2.45, 2.75) is 12.7 Å². The average molecular weight is 228 g/mol. The Hall–Kier alpha value is -1.64. The van der Waals surface area contributed by atoms with Gasteiger partial charge in [0.2, 0.25) is 5.79 Å². The van der Waals surface area contributed by atoms with Gasteiger partial charge >= 0.3 is 0 Å². The first-order chi connectivity index (χ1) is 8.27. The highest BCUT2D eigenvalue weighted by Gasteiger charge is 2.31. The van der Waals surface area contributed by atoms with Crippen LogP contribution in [0.2, 0.25) is 0 Å². The monoisotopic (exact) mass is 228 g/mol. The molecule has 1 N–H and O–H groups in total. The van der Waals surface area contributed by atoms with Gasteiger partial charge < -0.3 is 9.84 Å². The number of hydrogen-bond acceptors (Lipinski definition) is 2. The van der Waals surface area contributed by atoms with Gasteiger partial charge in [-0.15, -0.1) is 0 Å². The molecule has 0 aliphatic heterocycles. The van der Waals surface area contributed by atoms with Crippen molar-refractivity contribution in [3.63, 3.8) is 0 Å². The van der Waals surface area contributed by atoms with E-state index in [1.807, 2.05) is 67.6 Å². The molecular weight excluding hydrogens is 212 g/mol. The quantitative estimate of drug-likeness (QED) is 0.815. The van der Waals surface area contributed by atoms with Gasteiger partial charge in [0, 0.05) is 17.7 Å². The summed E-state index contributed by atoms with van der Waals surface area (Å²) in [6, 6.07) is 18.9. The third-order valence-corrected chi connectivity index (χ3v) is 2.68. The second-order valence-electron chi connectivity index (χ2n) is 3.81. The predicted octanol–water partition coefficient (Wildman–Crippen LogP) is 2.92. The fraction of sp³-hybridized carbons (Fsp3) is 0.200. The van der Waals surface area contributed by atoms with Crippen LogP contribution in [0.3, 0.4) is 0 Å².